The molecule has 1 amide bonds. The molecule has 0 saturated carbocycles. The van der Waals surface area contributed by atoms with Gasteiger partial charge in [-0.25, -0.2) is 13.1 Å². The number of carbonyl (C=O) groups is 1. The van der Waals surface area contributed by atoms with E-state index in [1.165, 1.54) is 18.2 Å². The molecule has 0 unspecified atom stereocenters. The van der Waals surface area contributed by atoms with Gasteiger partial charge < -0.3 is 0 Å². The fourth-order valence-corrected chi connectivity index (χ4v) is 3.69. The van der Waals surface area contributed by atoms with Crippen LogP contribution in [0.3, 0.4) is 0 Å². The van der Waals surface area contributed by atoms with Crippen LogP contribution in [0.25, 0.3) is 0 Å². The van der Waals surface area contributed by atoms with Crippen LogP contribution in [-0.4, -0.2) is 26.6 Å². The zero-order chi connectivity index (χ0) is 18.0. The van der Waals surface area contributed by atoms with E-state index in [0.717, 1.165) is 24.4 Å². The Morgan fingerprint density at radius 3 is 2.52 bits per heavy atom. The molecular weight excluding hydrogens is 362 g/mol. The molecule has 1 N–H and O–H groups in total. The first-order chi connectivity index (χ1) is 11.8. The predicted octanol–water partition coefficient (Wildman–Crippen LogP) is 3.04. The lowest BCUT2D eigenvalue weighted by Gasteiger charge is -2.14. The molecule has 2 aromatic rings. The maximum Gasteiger partial charge on any atom is 0.264 e. The zero-order valence-corrected chi connectivity index (χ0v) is 15.0. The van der Waals surface area contributed by atoms with E-state index in [1.54, 1.807) is 30.3 Å². The van der Waals surface area contributed by atoms with Crippen molar-refractivity contribution in [3.8, 4) is 0 Å². The van der Waals surface area contributed by atoms with Crippen molar-refractivity contribution in [1.82, 2.24) is 4.72 Å². The molecular formula is C17H16ClN3O3S. The Balaban J connectivity index is 1.75. The van der Waals surface area contributed by atoms with Crippen LogP contribution < -0.4 is 9.73 Å². The van der Waals surface area contributed by atoms with Crippen molar-refractivity contribution >= 4 is 38.9 Å². The topological polar surface area (TPSA) is 78.8 Å². The Morgan fingerprint density at radius 2 is 1.92 bits per heavy atom. The quantitative estimate of drug-likeness (QED) is 0.888. The molecule has 3 rings (SSSR count). The van der Waals surface area contributed by atoms with Crippen molar-refractivity contribution in [2.75, 3.05) is 11.6 Å². The number of amides is 1. The van der Waals surface area contributed by atoms with E-state index < -0.39 is 15.9 Å². The minimum atomic E-state index is -3.98. The lowest BCUT2D eigenvalue weighted by molar-refractivity contribution is 0.0981. The summed E-state index contributed by atoms with van der Waals surface area (Å²) in [5.41, 5.74) is 2.15. The SMILES string of the molecule is CC1=NN(c2ccc(C(=O)NS(=O)(=O)c3cccc(Cl)c3)cc2)CC1. The van der Waals surface area contributed by atoms with Gasteiger partial charge in [0.1, 0.15) is 0 Å². The molecule has 0 bridgehead atoms. The van der Waals surface area contributed by atoms with Gasteiger partial charge in [0, 0.05) is 29.3 Å². The van der Waals surface area contributed by atoms with E-state index >= 15 is 0 Å². The lowest BCUT2D eigenvalue weighted by atomic mass is 10.2. The van der Waals surface area contributed by atoms with Gasteiger partial charge in [-0.3, -0.25) is 9.80 Å². The maximum atomic E-state index is 12.3. The largest absolute Gasteiger partial charge is 0.268 e. The maximum absolute atomic E-state index is 12.3. The number of hydrogen-bond donors (Lipinski definition) is 1. The standard InChI is InChI=1S/C17H16ClN3O3S/c1-12-9-10-21(19-12)15-7-5-13(6-8-15)17(22)20-25(23,24)16-4-2-3-14(18)11-16/h2-8,11H,9-10H2,1H3,(H,20,22). The number of benzene rings is 2. The molecule has 130 valence electrons. The smallest absolute Gasteiger partial charge is 0.264 e. The second-order valence-electron chi connectivity index (χ2n) is 5.65. The number of hydrogen-bond acceptors (Lipinski definition) is 5. The molecule has 0 saturated heterocycles. The van der Waals surface area contributed by atoms with E-state index in [4.69, 9.17) is 11.6 Å². The molecule has 0 aliphatic carbocycles. The molecule has 0 atom stereocenters. The number of anilines is 1. The van der Waals surface area contributed by atoms with Crippen LogP contribution in [-0.2, 0) is 10.0 Å². The van der Waals surface area contributed by atoms with Crippen LogP contribution in [0.1, 0.15) is 23.7 Å². The van der Waals surface area contributed by atoms with Crippen LogP contribution in [0.2, 0.25) is 5.02 Å². The van der Waals surface area contributed by atoms with E-state index in [-0.39, 0.29) is 15.5 Å². The van der Waals surface area contributed by atoms with Gasteiger partial charge in [0.2, 0.25) is 0 Å². The van der Waals surface area contributed by atoms with E-state index in [9.17, 15) is 13.2 Å². The first-order valence-corrected chi connectivity index (χ1v) is 9.46. The summed E-state index contributed by atoms with van der Waals surface area (Å²) in [5.74, 6) is -0.701. The number of nitrogens with zero attached hydrogens (tertiary/aromatic N) is 2. The fraction of sp³-hybridized carbons (Fsp3) is 0.176. The first kappa shape index (κ1) is 17.4. The number of halogens is 1. The van der Waals surface area contributed by atoms with E-state index in [0.29, 0.717) is 0 Å². The molecule has 25 heavy (non-hydrogen) atoms. The average molecular weight is 378 g/mol. The van der Waals surface area contributed by atoms with Gasteiger partial charge in [-0.05, 0) is 49.4 Å². The summed E-state index contributed by atoms with van der Waals surface area (Å²) in [6, 6.07) is 12.3. The molecule has 8 heteroatoms. The summed E-state index contributed by atoms with van der Waals surface area (Å²) >= 11 is 5.80. The third-order valence-corrected chi connectivity index (χ3v) is 5.30. The van der Waals surface area contributed by atoms with Crippen molar-refractivity contribution in [2.24, 2.45) is 5.10 Å². The zero-order valence-electron chi connectivity index (χ0n) is 13.4. The van der Waals surface area contributed by atoms with Gasteiger partial charge in [-0.2, -0.15) is 5.10 Å². The van der Waals surface area contributed by atoms with Crippen molar-refractivity contribution in [2.45, 2.75) is 18.2 Å². The van der Waals surface area contributed by atoms with Crippen LogP contribution in [0.15, 0.2) is 58.5 Å². The number of carbonyl (C=O) groups excluding carboxylic acids is 1. The fourth-order valence-electron chi connectivity index (χ4n) is 2.42. The van der Waals surface area contributed by atoms with Crippen LogP contribution in [0.5, 0.6) is 0 Å². The molecule has 1 aliphatic heterocycles. The molecule has 6 nitrogen and oxygen atoms in total. The summed E-state index contributed by atoms with van der Waals surface area (Å²) < 4.78 is 26.6. The summed E-state index contributed by atoms with van der Waals surface area (Å²) in [7, 11) is -3.98. The molecule has 2 aromatic carbocycles. The molecule has 0 radical (unpaired) electrons. The van der Waals surface area contributed by atoms with Crippen molar-refractivity contribution in [1.29, 1.82) is 0 Å². The molecule has 0 aromatic heterocycles. The van der Waals surface area contributed by atoms with E-state index in [1.807, 2.05) is 16.7 Å². The Labute approximate surface area is 151 Å². The molecule has 1 aliphatic rings. The predicted molar refractivity (Wildman–Crippen MR) is 97.6 cm³/mol. The normalized spacial score (nSPS) is 14.3. The number of nitrogens with one attached hydrogen (secondary N) is 1. The summed E-state index contributed by atoms with van der Waals surface area (Å²) in [4.78, 5) is 12.2. The Morgan fingerprint density at radius 1 is 1.20 bits per heavy atom. The third-order valence-electron chi connectivity index (χ3n) is 3.74. The number of rotatable bonds is 4. The van der Waals surface area contributed by atoms with Gasteiger partial charge in [-0.1, -0.05) is 17.7 Å². The highest BCUT2D eigenvalue weighted by Crippen LogP contribution is 2.20. The van der Waals surface area contributed by atoms with Gasteiger partial charge in [0.05, 0.1) is 10.6 Å². The van der Waals surface area contributed by atoms with Crippen molar-refractivity contribution in [3.63, 3.8) is 0 Å². The van der Waals surface area contributed by atoms with Crippen molar-refractivity contribution in [3.05, 3.63) is 59.1 Å². The van der Waals surface area contributed by atoms with Gasteiger partial charge in [-0.15, -0.1) is 0 Å². The molecule has 0 spiro atoms. The number of sulfonamides is 1. The highest BCUT2D eigenvalue weighted by atomic mass is 35.5. The second kappa shape index (κ2) is 6.85. The van der Waals surface area contributed by atoms with Crippen molar-refractivity contribution < 1.29 is 13.2 Å². The molecule has 0 fully saturated rings. The van der Waals surface area contributed by atoms with Gasteiger partial charge in [0.15, 0.2) is 0 Å². The third kappa shape index (κ3) is 4.00. The first-order valence-electron chi connectivity index (χ1n) is 7.59. The van der Waals surface area contributed by atoms with Crippen LogP contribution in [0, 0.1) is 0 Å². The van der Waals surface area contributed by atoms with Crippen LogP contribution >= 0.6 is 11.6 Å². The highest BCUT2D eigenvalue weighted by Gasteiger charge is 2.19. The average Bonchev–Trinajstić information content (AvgIpc) is 3.01. The number of hydrazone groups is 1. The summed E-state index contributed by atoms with van der Waals surface area (Å²) in [6.07, 6.45) is 0.903. The van der Waals surface area contributed by atoms with E-state index in [2.05, 4.69) is 5.10 Å². The summed E-state index contributed by atoms with van der Waals surface area (Å²) in [6.45, 7) is 2.75. The van der Waals surface area contributed by atoms with Gasteiger partial charge >= 0.3 is 0 Å². The Bertz CT molecular complexity index is 940. The Kier molecular flexibility index (Phi) is 4.78. The summed E-state index contributed by atoms with van der Waals surface area (Å²) in [5, 5.41) is 6.51. The monoisotopic (exact) mass is 377 g/mol. The highest BCUT2D eigenvalue weighted by molar-refractivity contribution is 7.90. The minimum Gasteiger partial charge on any atom is -0.268 e. The second-order valence-corrected chi connectivity index (χ2v) is 7.77. The Hall–Kier alpha value is -2.38. The van der Waals surface area contributed by atoms with Crippen LogP contribution in [0.4, 0.5) is 5.69 Å². The molecule has 1 heterocycles. The minimum absolute atomic E-state index is 0.0631. The van der Waals surface area contributed by atoms with Gasteiger partial charge in [0.25, 0.3) is 15.9 Å². The lowest BCUT2D eigenvalue weighted by Crippen LogP contribution is -2.30.